The van der Waals surface area contributed by atoms with Gasteiger partial charge in [0.1, 0.15) is 6.04 Å². The van der Waals surface area contributed by atoms with Gasteiger partial charge in [-0.3, -0.25) is 9.59 Å². The number of amides is 2. The second-order valence-corrected chi connectivity index (χ2v) is 7.39. The minimum atomic E-state index is -0.259. The summed E-state index contributed by atoms with van der Waals surface area (Å²) in [7, 11) is 0. The van der Waals surface area contributed by atoms with Gasteiger partial charge in [0.15, 0.2) is 0 Å². The average Bonchev–Trinajstić information content (AvgIpc) is 2.63. The number of nitrogens with zero attached hydrogens (tertiary/aromatic N) is 2. The van der Waals surface area contributed by atoms with Crippen LogP contribution in [0, 0.1) is 0 Å². The lowest BCUT2D eigenvalue weighted by Crippen LogP contribution is -2.55. The third-order valence-corrected chi connectivity index (χ3v) is 5.79. The highest BCUT2D eigenvalue weighted by atomic mass is 16.5. The lowest BCUT2D eigenvalue weighted by molar-refractivity contribution is -0.141. The van der Waals surface area contributed by atoms with E-state index in [4.69, 9.17) is 4.74 Å². The van der Waals surface area contributed by atoms with Crippen molar-refractivity contribution in [2.75, 3.05) is 32.8 Å². The van der Waals surface area contributed by atoms with Crippen molar-refractivity contribution >= 4 is 11.8 Å². The van der Waals surface area contributed by atoms with E-state index >= 15 is 0 Å². The molecule has 6 heteroatoms. The van der Waals surface area contributed by atoms with E-state index in [1.807, 2.05) is 0 Å². The van der Waals surface area contributed by atoms with E-state index in [0.717, 1.165) is 77.8 Å². The van der Waals surface area contributed by atoms with E-state index in [0.29, 0.717) is 6.04 Å². The average molecular weight is 337 g/mol. The lowest BCUT2D eigenvalue weighted by Gasteiger charge is -2.40. The molecule has 3 fully saturated rings. The molecule has 0 saturated carbocycles. The molecule has 136 valence electrons. The predicted octanol–water partition coefficient (Wildman–Crippen LogP) is 1.15. The van der Waals surface area contributed by atoms with Gasteiger partial charge in [-0.15, -0.1) is 0 Å². The number of carbonyl (C=O) groups is 2. The molecule has 0 unspecified atom stereocenters. The van der Waals surface area contributed by atoms with Crippen molar-refractivity contribution in [3.8, 4) is 0 Å². The summed E-state index contributed by atoms with van der Waals surface area (Å²) in [6.45, 7) is 6.15. The monoisotopic (exact) mass is 337 g/mol. The first-order chi connectivity index (χ1) is 11.6. The van der Waals surface area contributed by atoms with E-state index < -0.39 is 0 Å². The molecule has 0 aromatic carbocycles. The number of likely N-dealkylation sites (tertiary alicyclic amines) is 2. The fraction of sp³-hybridized carbons (Fsp3) is 0.889. The molecule has 0 aliphatic carbocycles. The molecule has 0 bridgehead atoms. The summed E-state index contributed by atoms with van der Waals surface area (Å²) in [6, 6.07) is 0.649. The number of hydrogen-bond donors (Lipinski definition) is 1. The van der Waals surface area contributed by atoms with Crippen molar-refractivity contribution in [3.05, 3.63) is 0 Å². The third kappa shape index (κ3) is 4.28. The molecule has 0 aromatic heterocycles. The first kappa shape index (κ1) is 17.7. The molecule has 3 rings (SSSR count). The van der Waals surface area contributed by atoms with E-state index in [2.05, 4.69) is 10.2 Å². The molecule has 24 heavy (non-hydrogen) atoms. The van der Waals surface area contributed by atoms with E-state index in [-0.39, 0.29) is 23.9 Å². The Bertz CT molecular complexity index is 443. The number of hydrogen-bond acceptors (Lipinski definition) is 4. The number of piperidine rings is 2. The van der Waals surface area contributed by atoms with Crippen molar-refractivity contribution in [3.63, 3.8) is 0 Å². The lowest BCUT2D eigenvalue weighted by atomic mass is 9.97. The summed E-state index contributed by atoms with van der Waals surface area (Å²) in [6.07, 6.45) is 7.12. The molecular weight excluding hydrogens is 306 g/mol. The first-order valence-electron chi connectivity index (χ1n) is 9.54. The molecule has 3 aliphatic rings. The quantitative estimate of drug-likeness (QED) is 0.839. The van der Waals surface area contributed by atoms with Crippen LogP contribution in [0.1, 0.15) is 51.9 Å². The second-order valence-electron chi connectivity index (χ2n) is 7.39. The van der Waals surface area contributed by atoms with Crippen LogP contribution in [0.5, 0.6) is 0 Å². The molecule has 1 N–H and O–H groups in total. The molecular formula is C18H31N3O3. The number of nitrogens with one attached hydrogen (secondary N) is 1. The Morgan fingerprint density at radius 1 is 0.958 bits per heavy atom. The molecule has 0 aromatic rings. The van der Waals surface area contributed by atoms with Crippen molar-refractivity contribution in [1.82, 2.24) is 15.1 Å². The highest BCUT2D eigenvalue weighted by Crippen LogP contribution is 2.21. The fourth-order valence-corrected chi connectivity index (χ4v) is 4.34. The Morgan fingerprint density at radius 2 is 1.67 bits per heavy atom. The molecule has 3 saturated heterocycles. The molecule has 3 aliphatic heterocycles. The van der Waals surface area contributed by atoms with Gasteiger partial charge in [0.05, 0.1) is 0 Å². The zero-order chi connectivity index (χ0) is 16.9. The first-order valence-corrected chi connectivity index (χ1v) is 9.54. The standard InChI is InChI=1S/C18H31N3O3/c1-14(22)21-9-3-2-4-17(21)18(23)19-15-5-10-20(11-6-15)16-7-12-24-13-8-16/h15-17H,2-13H2,1H3,(H,19,23)/t17-/m0/s1. The summed E-state index contributed by atoms with van der Waals surface area (Å²) in [5, 5.41) is 3.21. The van der Waals surface area contributed by atoms with Gasteiger partial charge < -0.3 is 19.9 Å². The van der Waals surface area contributed by atoms with Gasteiger partial charge in [-0.25, -0.2) is 0 Å². The number of carbonyl (C=O) groups excluding carboxylic acids is 2. The van der Waals surface area contributed by atoms with Crippen LogP contribution in [0.4, 0.5) is 0 Å². The summed E-state index contributed by atoms with van der Waals surface area (Å²) in [5.41, 5.74) is 0. The Balaban J connectivity index is 1.46. The third-order valence-electron chi connectivity index (χ3n) is 5.79. The normalized spacial score (nSPS) is 27.9. The maximum atomic E-state index is 12.6. The summed E-state index contributed by atoms with van der Waals surface area (Å²) < 4.78 is 5.44. The Kier molecular flexibility index (Phi) is 6.11. The number of rotatable bonds is 3. The minimum absolute atomic E-state index is 0.0178. The van der Waals surface area contributed by atoms with Crippen LogP contribution in [0.3, 0.4) is 0 Å². The molecule has 0 spiro atoms. The summed E-state index contributed by atoms with van der Waals surface area (Å²) in [4.78, 5) is 28.7. The van der Waals surface area contributed by atoms with Crippen LogP contribution < -0.4 is 5.32 Å². The molecule has 3 heterocycles. The summed E-state index contributed by atoms with van der Waals surface area (Å²) in [5.74, 6) is 0.0682. The van der Waals surface area contributed by atoms with Crippen LogP contribution >= 0.6 is 0 Å². The van der Waals surface area contributed by atoms with Gasteiger partial charge in [-0.05, 0) is 44.9 Å². The van der Waals surface area contributed by atoms with Crippen molar-refractivity contribution in [2.45, 2.75) is 70.0 Å². The fourth-order valence-electron chi connectivity index (χ4n) is 4.34. The van der Waals surface area contributed by atoms with Gasteiger partial charge in [0, 0.05) is 51.9 Å². The van der Waals surface area contributed by atoms with Crippen molar-refractivity contribution in [1.29, 1.82) is 0 Å². The van der Waals surface area contributed by atoms with Crippen LogP contribution in [0.25, 0.3) is 0 Å². The Morgan fingerprint density at radius 3 is 2.33 bits per heavy atom. The highest BCUT2D eigenvalue weighted by Gasteiger charge is 2.33. The zero-order valence-corrected chi connectivity index (χ0v) is 14.8. The van der Waals surface area contributed by atoms with E-state index in [1.165, 1.54) is 0 Å². The van der Waals surface area contributed by atoms with Gasteiger partial charge in [0.25, 0.3) is 0 Å². The van der Waals surface area contributed by atoms with Gasteiger partial charge in [-0.2, -0.15) is 0 Å². The topological polar surface area (TPSA) is 61.9 Å². The van der Waals surface area contributed by atoms with Crippen LogP contribution in [0.2, 0.25) is 0 Å². The second kappa shape index (κ2) is 8.30. The van der Waals surface area contributed by atoms with Crippen molar-refractivity contribution < 1.29 is 14.3 Å². The van der Waals surface area contributed by atoms with Gasteiger partial charge in [0.2, 0.25) is 11.8 Å². The highest BCUT2D eigenvalue weighted by molar-refractivity contribution is 5.87. The SMILES string of the molecule is CC(=O)N1CCCC[C@H]1C(=O)NC1CCN(C2CCOCC2)CC1. The maximum Gasteiger partial charge on any atom is 0.243 e. The van der Waals surface area contributed by atoms with E-state index in [9.17, 15) is 9.59 Å². The molecule has 0 radical (unpaired) electrons. The smallest absolute Gasteiger partial charge is 0.243 e. The van der Waals surface area contributed by atoms with E-state index in [1.54, 1.807) is 11.8 Å². The van der Waals surface area contributed by atoms with Gasteiger partial charge in [-0.1, -0.05) is 0 Å². The van der Waals surface area contributed by atoms with Crippen LogP contribution in [-0.4, -0.2) is 72.6 Å². The number of ether oxygens (including phenoxy) is 1. The molecule has 6 nitrogen and oxygen atoms in total. The summed E-state index contributed by atoms with van der Waals surface area (Å²) >= 11 is 0. The zero-order valence-electron chi connectivity index (χ0n) is 14.8. The van der Waals surface area contributed by atoms with Crippen LogP contribution in [-0.2, 0) is 14.3 Å². The molecule has 1 atom stereocenters. The van der Waals surface area contributed by atoms with Gasteiger partial charge >= 0.3 is 0 Å². The van der Waals surface area contributed by atoms with Crippen molar-refractivity contribution in [2.24, 2.45) is 0 Å². The largest absolute Gasteiger partial charge is 0.381 e. The predicted molar refractivity (Wildman–Crippen MR) is 91.6 cm³/mol. The molecule has 2 amide bonds. The maximum absolute atomic E-state index is 12.6. The Hall–Kier alpha value is -1.14. The minimum Gasteiger partial charge on any atom is -0.381 e. The van der Waals surface area contributed by atoms with Crippen LogP contribution in [0.15, 0.2) is 0 Å². The Labute approximate surface area is 144 Å².